The molecule has 0 bridgehead atoms. The quantitative estimate of drug-likeness (QED) is 0.703. The Morgan fingerprint density at radius 2 is 1.85 bits per heavy atom. The van der Waals surface area contributed by atoms with Crippen molar-refractivity contribution in [3.63, 3.8) is 0 Å². The molecule has 3 rings (SSSR count). The second kappa shape index (κ2) is 6.84. The van der Waals surface area contributed by atoms with Gasteiger partial charge < -0.3 is 19.1 Å². The third-order valence-electron chi connectivity index (χ3n) is 4.21. The predicted molar refractivity (Wildman–Crippen MR) is 97.5 cm³/mol. The zero-order valence-corrected chi connectivity index (χ0v) is 15.2. The molecular formula is C20H16ClO5-. The average molecular weight is 372 g/mol. The van der Waals surface area contributed by atoms with Crippen LogP contribution >= 0.6 is 11.6 Å². The van der Waals surface area contributed by atoms with Gasteiger partial charge in [-0.25, -0.2) is 0 Å². The van der Waals surface area contributed by atoms with Gasteiger partial charge in [0.15, 0.2) is 5.76 Å². The largest absolute Gasteiger partial charge is 0.546 e. The Kier molecular flexibility index (Phi) is 4.74. The van der Waals surface area contributed by atoms with Gasteiger partial charge in [0.1, 0.15) is 11.7 Å². The lowest BCUT2D eigenvalue weighted by atomic mass is 10.0. The number of hydrogen-bond donors (Lipinski definition) is 0. The summed E-state index contributed by atoms with van der Waals surface area (Å²) in [6.07, 6.45) is -1.33. The molecule has 5 nitrogen and oxygen atoms in total. The number of aliphatic carboxylic acids is 1. The third-order valence-corrected chi connectivity index (χ3v) is 4.54. The number of rotatable bonds is 4. The van der Waals surface area contributed by atoms with Crippen LogP contribution in [0.15, 0.2) is 45.6 Å². The Balaban J connectivity index is 2.36. The van der Waals surface area contributed by atoms with Crippen LogP contribution < -0.4 is 15.3 Å². The molecule has 1 atom stereocenters. The van der Waals surface area contributed by atoms with Crippen LogP contribution in [0.5, 0.6) is 5.75 Å². The van der Waals surface area contributed by atoms with E-state index in [0.717, 1.165) is 11.1 Å². The molecule has 6 heteroatoms. The monoisotopic (exact) mass is 371 g/mol. The second-order valence-corrected chi connectivity index (χ2v) is 6.49. The van der Waals surface area contributed by atoms with Crippen molar-refractivity contribution in [2.45, 2.75) is 26.9 Å². The van der Waals surface area contributed by atoms with Crippen molar-refractivity contribution in [1.82, 2.24) is 0 Å². The lowest BCUT2D eigenvalue weighted by molar-refractivity contribution is -0.312. The maximum absolute atomic E-state index is 13.0. The van der Waals surface area contributed by atoms with Crippen LogP contribution in [0.4, 0.5) is 0 Å². The highest BCUT2D eigenvalue weighted by atomic mass is 35.5. The lowest BCUT2D eigenvalue weighted by Crippen LogP contribution is -2.38. The van der Waals surface area contributed by atoms with Crippen molar-refractivity contribution in [3.8, 4) is 17.1 Å². The van der Waals surface area contributed by atoms with Crippen LogP contribution in [0, 0.1) is 13.8 Å². The molecule has 0 radical (unpaired) electrons. The number of fused-ring (bicyclic) bond motifs is 1. The molecule has 1 heterocycles. The molecule has 0 N–H and O–H groups in total. The Morgan fingerprint density at radius 1 is 1.19 bits per heavy atom. The number of carbonyl (C=O) groups is 1. The fourth-order valence-corrected chi connectivity index (χ4v) is 2.81. The number of carboxylic acid groups (broad SMARTS) is 1. The number of halogens is 1. The summed E-state index contributed by atoms with van der Waals surface area (Å²) in [5, 5.41) is 11.8. The minimum atomic E-state index is -1.44. The van der Waals surface area contributed by atoms with Crippen LogP contribution in [-0.4, -0.2) is 12.1 Å². The molecule has 0 amide bonds. The highest BCUT2D eigenvalue weighted by Crippen LogP contribution is 2.36. The molecule has 0 spiro atoms. The van der Waals surface area contributed by atoms with E-state index in [4.69, 9.17) is 20.8 Å². The third kappa shape index (κ3) is 3.18. The fraction of sp³-hybridized carbons (Fsp3) is 0.200. The van der Waals surface area contributed by atoms with Gasteiger partial charge in [0.25, 0.3) is 0 Å². The van der Waals surface area contributed by atoms with Crippen molar-refractivity contribution in [1.29, 1.82) is 0 Å². The van der Waals surface area contributed by atoms with Gasteiger partial charge in [-0.05, 0) is 56.2 Å². The van der Waals surface area contributed by atoms with Crippen LogP contribution in [-0.2, 0) is 4.79 Å². The number of benzene rings is 2. The van der Waals surface area contributed by atoms with E-state index in [0.29, 0.717) is 21.6 Å². The standard InChI is InChI=1S/C20H17ClO5/c1-10-8-14-16(9-11(10)2)26-18(13-6-4-5-7-15(13)21)19(17(14)22)25-12(3)20(23)24/h4-9,12H,1-3H3,(H,23,24)/p-1/t12-/m0/s1. The maximum atomic E-state index is 13.0. The summed E-state index contributed by atoms with van der Waals surface area (Å²) in [5.41, 5.74) is 2.22. The van der Waals surface area contributed by atoms with Gasteiger partial charge in [0, 0.05) is 5.56 Å². The topological polar surface area (TPSA) is 79.6 Å². The van der Waals surface area contributed by atoms with E-state index in [1.54, 1.807) is 36.4 Å². The Hall–Kier alpha value is -2.79. The highest BCUT2D eigenvalue weighted by Gasteiger charge is 2.22. The van der Waals surface area contributed by atoms with E-state index >= 15 is 0 Å². The number of carboxylic acids is 1. The van der Waals surface area contributed by atoms with E-state index in [-0.39, 0.29) is 11.5 Å². The van der Waals surface area contributed by atoms with Crippen molar-refractivity contribution in [2.24, 2.45) is 0 Å². The Bertz CT molecular complexity index is 1070. The summed E-state index contributed by atoms with van der Waals surface area (Å²) in [6, 6.07) is 10.2. The summed E-state index contributed by atoms with van der Waals surface area (Å²) in [6.45, 7) is 5.07. The van der Waals surface area contributed by atoms with Crippen LogP contribution in [0.2, 0.25) is 5.02 Å². The van der Waals surface area contributed by atoms with Crippen molar-refractivity contribution in [2.75, 3.05) is 0 Å². The predicted octanol–water partition coefficient (Wildman–Crippen LogP) is 3.25. The van der Waals surface area contributed by atoms with Crippen LogP contribution in [0.25, 0.3) is 22.3 Å². The summed E-state index contributed by atoms with van der Waals surface area (Å²) in [7, 11) is 0. The molecule has 0 aliphatic rings. The molecule has 3 aromatic rings. The number of ether oxygens (including phenoxy) is 1. The molecule has 134 valence electrons. The molecule has 0 aliphatic carbocycles. The first-order valence-corrected chi connectivity index (χ1v) is 8.38. The number of hydrogen-bond acceptors (Lipinski definition) is 5. The first-order chi connectivity index (χ1) is 12.3. The molecule has 0 aliphatic heterocycles. The minimum Gasteiger partial charge on any atom is -0.546 e. The normalized spacial score (nSPS) is 12.2. The van der Waals surface area contributed by atoms with Gasteiger partial charge in [0.2, 0.25) is 11.2 Å². The van der Waals surface area contributed by atoms with E-state index in [2.05, 4.69) is 0 Å². The van der Waals surface area contributed by atoms with Crippen LogP contribution in [0.1, 0.15) is 18.1 Å². The summed E-state index contributed by atoms with van der Waals surface area (Å²) < 4.78 is 11.3. The van der Waals surface area contributed by atoms with Gasteiger partial charge in [-0.15, -0.1) is 0 Å². The number of carbonyl (C=O) groups excluding carboxylic acids is 1. The van der Waals surface area contributed by atoms with Crippen LogP contribution in [0.3, 0.4) is 0 Å². The zero-order chi connectivity index (χ0) is 19.0. The number of aryl methyl sites for hydroxylation is 2. The lowest BCUT2D eigenvalue weighted by Gasteiger charge is -2.18. The zero-order valence-electron chi connectivity index (χ0n) is 14.5. The smallest absolute Gasteiger partial charge is 0.235 e. The van der Waals surface area contributed by atoms with Gasteiger partial charge in [0.05, 0.1) is 16.4 Å². The first kappa shape index (κ1) is 18.0. The van der Waals surface area contributed by atoms with Crippen molar-refractivity contribution in [3.05, 3.63) is 62.8 Å². The first-order valence-electron chi connectivity index (χ1n) is 8.00. The maximum Gasteiger partial charge on any atom is 0.235 e. The molecule has 0 saturated heterocycles. The van der Waals surface area contributed by atoms with E-state index in [1.807, 2.05) is 13.8 Å². The van der Waals surface area contributed by atoms with Gasteiger partial charge >= 0.3 is 0 Å². The van der Waals surface area contributed by atoms with Gasteiger partial charge in [-0.3, -0.25) is 4.79 Å². The fourth-order valence-electron chi connectivity index (χ4n) is 2.59. The molecule has 0 saturated carbocycles. The van der Waals surface area contributed by atoms with Gasteiger partial charge in [-0.1, -0.05) is 23.7 Å². The van der Waals surface area contributed by atoms with E-state index in [1.165, 1.54) is 6.92 Å². The molecule has 26 heavy (non-hydrogen) atoms. The van der Waals surface area contributed by atoms with E-state index < -0.39 is 17.5 Å². The molecule has 2 aromatic carbocycles. The average Bonchev–Trinajstić information content (AvgIpc) is 2.59. The SMILES string of the molecule is Cc1cc2oc(-c3ccccc3Cl)c(O[C@@H](C)C(=O)[O-])c(=O)c2cc1C. The highest BCUT2D eigenvalue weighted by molar-refractivity contribution is 6.33. The molecule has 1 aromatic heterocycles. The summed E-state index contributed by atoms with van der Waals surface area (Å²) in [5.74, 6) is -1.55. The van der Waals surface area contributed by atoms with Gasteiger partial charge in [-0.2, -0.15) is 0 Å². The van der Waals surface area contributed by atoms with Crippen molar-refractivity contribution < 1.29 is 19.1 Å². The summed E-state index contributed by atoms with van der Waals surface area (Å²) in [4.78, 5) is 24.1. The minimum absolute atomic E-state index is 0.0875. The van der Waals surface area contributed by atoms with E-state index in [9.17, 15) is 14.7 Å². The Morgan fingerprint density at radius 3 is 2.50 bits per heavy atom. The Labute approximate surface area is 154 Å². The molecule has 0 fully saturated rings. The van der Waals surface area contributed by atoms with Crippen molar-refractivity contribution >= 4 is 28.5 Å². The molecule has 0 unspecified atom stereocenters. The molecular weight excluding hydrogens is 356 g/mol. The summed E-state index contributed by atoms with van der Waals surface area (Å²) >= 11 is 6.24. The second-order valence-electron chi connectivity index (χ2n) is 6.08.